The van der Waals surface area contributed by atoms with Gasteiger partial charge in [-0.2, -0.15) is 0 Å². The molecule has 0 amide bonds. The van der Waals surface area contributed by atoms with Crippen molar-refractivity contribution in [1.82, 2.24) is 9.88 Å². The van der Waals surface area contributed by atoms with Crippen LogP contribution in [-0.4, -0.2) is 29.5 Å². The molecule has 94 valence electrons. The number of anilines is 1. The van der Waals surface area contributed by atoms with E-state index in [1.54, 1.807) is 0 Å². The smallest absolute Gasteiger partial charge is 0.130 e. The van der Waals surface area contributed by atoms with Gasteiger partial charge in [0.1, 0.15) is 5.82 Å². The van der Waals surface area contributed by atoms with Gasteiger partial charge in [-0.1, -0.05) is 19.9 Å². The molecule has 3 nitrogen and oxygen atoms in total. The third-order valence-corrected chi connectivity index (χ3v) is 3.51. The Balaban J connectivity index is 2.18. The summed E-state index contributed by atoms with van der Waals surface area (Å²) in [6.45, 7) is 7.79. The number of aromatic nitrogens is 1. The van der Waals surface area contributed by atoms with Gasteiger partial charge in [-0.3, -0.25) is 4.90 Å². The second-order valence-corrected chi connectivity index (χ2v) is 4.65. The normalized spacial score (nSPS) is 20.7. The zero-order valence-corrected chi connectivity index (χ0v) is 10.9. The summed E-state index contributed by atoms with van der Waals surface area (Å²) in [6.07, 6.45) is 5.59. The standard InChI is InChI=1S/C14H23N3/c1-3-9-15-14-12(7-5-10-16-14)13-8-6-11-17(13)4-2/h5,7,10,13H,3-4,6,8-9,11H2,1-2H3,(H,15,16). The molecule has 1 aliphatic heterocycles. The van der Waals surface area contributed by atoms with Crippen molar-refractivity contribution in [2.75, 3.05) is 25.0 Å². The minimum absolute atomic E-state index is 0.563. The molecule has 1 N–H and O–H groups in total. The first-order valence-corrected chi connectivity index (χ1v) is 6.79. The lowest BCUT2D eigenvalue weighted by Crippen LogP contribution is -2.23. The van der Waals surface area contributed by atoms with Crippen LogP contribution in [0.15, 0.2) is 18.3 Å². The Morgan fingerprint density at radius 3 is 3.12 bits per heavy atom. The number of hydrogen-bond donors (Lipinski definition) is 1. The number of nitrogens with zero attached hydrogens (tertiary/aromatic N) is 2. The SMILES string of the molecule is CCCNc1ncccc1C1CCCN1CC. The van der Waals surface area contributed by atoms with Crippen LogP contribution in [-0.2, 0) is 0 Å². The third kappa shape index (κ3) is 2.78. The summed E-state index contributed by atoms with van der Waals surface area (Å²) in [7, 11) is 0. The molecule has 1 saturated heterocycles. The zero-order chi connectivity index (χ0) is 12.1. The third-order valence-electron chi connectivity index (χ3n) is 3.51. The van der Waals surface area contributed by atoms with E-state index in [0.717, 1.165) is 25.3 Å². The number of rotatable bonds is 5. The van der Waals surface area contributed by atoms with Crippen LogP contribution < -0.4 is 5.32 Å². The highest BCUT2D eigenvalue weighted by atomic mass is 15.2. The van der Waals surface area contributed by atoms with Crippen LogP contribution in [0.5, 0.6) is 0 Å². The van der Waals surface area contributed by atoms with Crippen LogP contribution in [0.3, 0.4) is 0 Å². The van der Waals surface area contributed by atoms with Gasteiger partial charge in [0, 0.05) is 24.3 Å². The fourth-order valence-corrected chi connectivity index (χ4v) is 2.63. The Hall–Kier alpha value is -1.09. The lowest BCUT2D eigenvalue weighted by atomic mass is 10.1. The molecule has 1 fully saturated rings. The summed E-state index contributed by atoms with van der Waals surface area (Å²) in [5.74, 6) is 1.08. The summed E-state index contributed by atoms with van der Waals surface area (Å²) in [6, 6.07) is 4.84. The molecule has 0 bridgehead atoms. The first-order valence-electron chi connectivity index (χ1n) is 6.79. The van der Waals surface area contributed by atoms with Crippen molar-refractivity contribution in [3.8, 4) is 0 Å². The van der Waals surface area contributed by atoms with E-state index in [4.69, 9.17) is 0 Å². The van der Waals surface area contributed by atoms with Gasteiger partial charge in [0.2, 0.25) is 0 Å². The minimum atomic E-state index is 0.563. The second kappa shape index (κ2) is 6.01. The molecule has 1 unspecified atom stereocenters. The second-order valence-electron chi connectivity index (χ2n) is 4.65. The molecule has 0 saturated carbocycles. The van der Waals surface area contributed by atoms with Crippen molar-refractivity contribution >= 4 is 5.82 Å². The van der Waals surface area contributed by atoms with Crippen LogP contribution in [0.1, 0.15) is 44.7 Å². The first-order chi connectivity index (χ1) is 8.36. The largest absolute Gasteiger partial charge is 0.370 e. The molecule has 1 aromatic heterocycles. The van der Waals surface area contributed by atoms with Crippen LogP contribution >= 0.6 is 0 Å². The van der Waals surface area contributed by atoms with Crippen LogP contribution in [0.2, 0.25) is 0 Å². The molecule has 2 heterocycles. The molecule has 2 rings (SSSR count). The number of nitrogens with one attached hydrogen (secondary N) is 1. The van der Waals surface area contributed by atoms with E-state index in [1.807, 2.05) is 6.20 Å². The molecule has 0 aliphatic carbocycles. The summed E-state index contributed by atoms with van der Waals surface area (Å²) in [5.41, 5.74) is 1.38. The van der Waals surface area contributed by atoms with Crippen LogP contribution in [0, 0.1) is 0 Å². The molecule has 17 heavy (non-hydrogen) atoms. The van der Waals surface area contributed by atoms with E-state index in [2.05, 4.69) is 41.2 Å². The zero-order valence-electron chi connectivity index (χ0n) is 10.9. The highest BCUT2D eigenvalue weighted by Crippen LogP contribution is 2.34. The van der Waals surface area contributed by atoms with E-state index in [9.17, 15) is 0 Å². The average Bonchev–Trinajstić information content (AvgIpc) is 2.84. The number of likely N-dealkylation sites (tertiary alicyclic amines) is 1. The Kier molecular flexibility index (Phi) is 4.37. The highest BCUT2D eigenvalue weighted by Gasteiger charge is 2.26. The molecule has 0 aromatic carbocycles. The predicted molar refractivity (Wildman–Crippen MR) is 72.2 cm³/mol. The van der Waals surface area contributed by atoms with Crippen molar-refractivity contribution in [3.05, 3.63) is 23.9 Å². The molecule has 1 aliphatic rings. The van der Waals surface area contributed by atoms with Crippen molar-refractivity contribution < 1.29 is 0 Å². The molecule has 0 spiro atoms. The molecular formula is C14H23N3. The van der Waals surface area contributed by atoms with E-state index in [0.29, 0.717) is 6.04 Å². The Morgan fingerprint density at radius 1 is 1.47 bits per heavy atom. The average molecular weight is 233 g/mol. The first kappa shape index (κ1) is 12.4. The van der Waals surface area contributed by atoms with E-state index < -0.39 is 0 Å². The molecule has 1 atom stereocenters. The molecular weight excluding hydrogens is 210 g/mol. The monoisotopic (exact) mass is 233 g/mol. The summed E-state index contributed by atoms with van der Waals surface area (Å²) in [5, 5.41) is 3.45. The highest BCUT2D eigenvalue weighted by molar-refractivity contribution is 5.46. The fraction of sp³-hybridized carbons (Fsp3) is 0.643. The van der Waals surface area contributed by atoms with Crippen molar-refractivity contribution in [2.45, 2.75) is 39.2 Å². The van der Waals surface area contributed by atoms with Crippen LogP contribution in [0.25, 0.3) is 0 Å². The Bertz CT molecular complexity index is 351. The van der Waals surface area contributed by atoms with Crippen molar-refractivity contribution in [2.24, 2.45) is 0 Å². The fourth-order valence-electron chi connectivity index (χ4n) is 2.63. The van der Waals surface area contributed by atoms with Gasteiger partial charge in [-0.05, 0) is 38.4 Å². The van der Waals surface area contributed by atoms with Gasteiger partial charge in [-0.25, -0.2) is 4.98 Å². The lowest BCUT2D eigenvalue weighted by molar-refractivity contribution is 0.272. The number of pyridine rings is 1. The van der Waals surface area contributed by atoms with Gasteiger partial charge >= 0.3 is 0 Å². The Morgan fingerprint density at radius 2 is 2.35 bits per heavy atom. The maximum atomic E-state index is 4.49. The van der Waals surface area contributed by atoms with Crippen molar-refractivity contribution in [1.29, 1.82) is 0 Å². The van der Waals surface area contributed by atoms with Gasteiger partial charge < -0.3 is 5.32 Å². The van der Waals surface area contributed by atoms with Gasteiger partial charge in [-0.15, -0.1) is 0 Å². The molecule has 3 heteroatoms. The maximum absolute atomic E-state index is 4.49. The van der Waals surface area contributed by atoms with E-state index in [-0.39, 0.29) is 0 Å². The summed E-state index contributed by atoms with van der Waals surface area (Å²) < 4.78 is 0. The quantitative estimate of drug-likeness (QED) is 0.847. The van der Waals surface area contributed by atoms with Crippen LogP contribution in [0.4, 0.5) is 5.82 Å². The van der Waals surface area contributed by atoms with Gasteiger partial charge in [0.15, 0.2) is 0 Å². The van der Waals surface area contributed by atoms with E-state index >= 15 is 0 Å². The topological polar surface area (TPSA) is 28.2 Å². The Labute approximate surface area is 104 Å². The van der Waals surface area contributed by atoms with Gasteiger partial charge in [0.05, 0.1) is 0 Å². The van der Waals surface area contributed by atoms with Crippen molar-refractivity contribution in [3.63, 3.8) is 0 Å². The van der Waals surface area contributed by atoms with E-state index in [1.165, 1.54) is 24.9 Å². The lowest BCUT2D eigenvalue weighted by Gasteiger charge is -2.24. The maximum Gasteiger partial charge on any atom is 0.130 e. The molecule has 1 aromatic rings. The molecule has 0 radical (unpaired) electrons. The van der Waals surface area contributed by atoms with Gasteiger partial charge in [0.25, 0.3) is 0 Å². The number of hydrogen-bond acceptors (Lipinski definition) is 3. The predicted octanol–water partition coefficient (Wildman–Crippen LogP) is 3.06. The summed E-state index contributed by atoms with van der Waals surface area (Å²) >= 11 is 0. The minimum Gasteiger partial charge on any atom is -0.370 e. The summed E-state index contributed by atoms with van der Waals surface area (Å²) in [4.78, 5) is 7.04.